The summed E-state index contributed by atoms with van der Waals surface area (Å²) in [5, 5.41) is 11.8. The van der Waals surface area contributed by atoms with Crippen LogP contribution in [0, 0.1) is 22.7 Å². The lowest BCUT2D eigenvalue weighted by atomic mass is 9.63. The van der Waals surface area contributed by atoms with Crippen molar-refractivity contribution in [1.29, 1.82) is 5.26 Å². The molecule has 17 heavy (non-hydrogen) atoms. The maximum absolute atomic E-state index is 12.0. The summed E-state index contributed by atoms with van der Waals surface area (Å²) in [6, 6.07) is 1.67. The van der Waals surface area contributed by atoms with E-state index in [-0.39, 0.29) is 11.8 Å². The van der Waals surface area contributed by atoms with Crippen LogP contribution in [-0.2, 0) is 9.59 Å². The molecule has 0 radical (unpaired) electrons. The number of nitrogens with zero attached hydrogens (tertiary/aromatic N) is 2. The predicted molar refractivity (Wildman–Crippen MR) is 60.6 cm³/mol. The number of amides is 2. The van der Waals surface area contributed by atoms with Gasteiger partial charge in [0.2, 0.25) is 11.8 Å². The molecule has 1 N–H and O–H groups in total. The molecule has 2 amide bonds. The van der Waals surface area contributed by atoms with Gasteiger partial charge >= 0.3 is 0 Å². The fraction of sp³-hybridized carbons (Fsp3) is 0.750. The summed E-state index contributed by atoms with van der Waals surface area (Å²) in [5.74, 6) is 0.0907. The normalized spacial score (nSPS) is 36.3. The molecule has 1 saturated heterocycles. The van der Waals surface area contributed by atoms with E-state index in [1.54, 1.807) is 11.9 Å². The molecular formula is C12H17N3O2. The number of carbonyl (C=O) groups is 2. The van der Waals surface area contributed by atoms with Crippen molar-refractivity contribution >= 4 is 11.8 Å². The third kappa shape index (κ3) is 1.88. The molecule has 1 heterocycles. The first-order valence-electron chi connectivity index (χ1n) is 5.96. The summed E-state index contributed by atoms with van der Waals surface area (Å²) in [7, 11) is 1.72. The average Bonchev–Trinajstić information content (AvgIpc) is 2.56. The summed E-state index contributed by atoms with van der Waals surface area (Å²) in [5.41, 5.74) is -0.888. The van der Waals surface area contributed by atoms with Crippen LogP contribution in [-0.4, -0.2) is 36.3 Å². The molecule has 92 valence electrons. The van der Waals surface area contributed by atoms with Crippen LogP contribution in [0.3, 0.4) is 0 Å². The van der Waals surface area contributed by atoms with Gasteiger partial charge in [0.25, 0.3) is 0 Å². The van der Waals surface area contributed by atoms with E-state index < -0.39 is 11.5 Å². The fourth-order valence-electron chi connectivity index (χ4n) is 2.71. The van der Waals surface area contributed by atoms with Crippen molar-refractivity contribution in [3.05, 3.63) is 0 Å². The Kier molecular flexibility index (Phi) is 2.82. The Balaban J connectivity index is 1.98. The van der Waals surface area contributed by atoms with E-state index >= 15 is 0 Å². The molecular weight excluding hydrogens is 218 g/mol. The lowest BCUT2D eigenvalue weighted by molar-refractivity contribution is -0.138. The van der Waals surface area contributed by atoms with E-state index in [1.165, 1.54) is 0 Å². The highest BCUT2D eigenvalue weighted by atomic mass is 16.2. The highest BCUT2D eigenvalue weighted by Gasteiger charge is 2.50. The molecule has 1 saturated carbocycles. The van der Waals surface area contributed by atoms with E-state index in [1.807, 2.05) is 6.92 Å². The van der Waals surface area contributed by atoms with Gasteiger partial charge < -0.3 is 10.2 Å². The molecule has 0 aromatic heterocycles. The SMILES string of the molecule is CC1CC(C#N)(C(=O)NC2CCN(C)C2=O)C1. The van der Waals surface area contributed by atoms with Gasteiger partial charge in [0.1, 0.15) is 11.5 Å². The number of likely N-dealkylation sites (tertiary alicyclic amines) is 1. The minimum absolute atomic E-state index is 0.0567. The van der Waals surface area contributed by atoms with E-state index in [4.69, 9.17) is 5.26 Å². The Labute approximate surface area is 101 Å². The number of nitrogens with one attached hydrogen (secondary N) is 1. The quantitative estimate of drug-likeness (QED) is 0.746. The Bertz CT molecular complexity index is 393. The first-order chi connectivity index (χ1) is 7.98. The van der Waals surface area contributed by atoms with Crippen LogP contribution in [0.4, 0.5) is 0 Å². The molecule has 5 heteroatoms. The fourth-order valence-corrected chi connectivity index (χ4v) is 2.71. The number of nitriles is 1. The molecule has 1 aliphatic carbocycles. The Hall–Kier alpha value is -1.57. The number of likely N-dealkylation sites (N-methyl/N-ethyl adjacent to an activating group) is 1. The lowest BCUT2D eigenvalue weighted by Crippen LogP contribution is -2.52. The molecule has 1 aliphatic heterocycles. The minimum atomic E-state index is -0.888. The van der Waals surface area contributed by atoms with E-state index in [9.17, 15) is 9.59 Å². The van der Waals surface area contributed by atoms with Crippen LogP contribution < -0.4 is 5.32 Å². The summed E-state index contributed by atoms with van der Waals surface area (Å²) in [6.45, 7) is 2.69. The summed E-state index contributed by atoms with van der Waals surface area (Å²) in [6.07, 6.45) is 1.84. The second-order valence-corrected chi connectivity index (χ2v) is 5.28. The van der Waals surface area contributed by atoms with Gasteiger partial charge in [-0.3, -0.25) is 9.59 Å². The van der Waals surface area contributed by atoms with E-state index in [0.29, 0.717) is 31.7 Å². The highest BCUT2D eigenvalue weighted by Crippen LogP contribution is 2.45. The zero-order valence-electron chi connectivity index (χ0n) is 10.2. The molecule has 0 spiro atoms. The first kappa shape index (κ1) is 11.9. The van der Waals surface area contributed by atoms with E-state index in [2.05, 4.69) is 11.4 Å². The van der Waals surface area contributed by atoms with Crippen LogP contribution in [0.5, 0.6) is 0 Å². The van der Waals surface area contributed by atoms with Crippen molar-refractivity contribution in [1.82, 2.24) is 10.2 Å². The van der Waals surface area contributed by atoms with Gasteiger partial charge in [-0.05, 0) is 25.2 Å². The zero-order chi connectivity index (χ0) is 12.6. The topological polar surface area (TPSA) is 73.2 Å². The molecule has 0 aromatic carbocycles. The molecule has 0 bridgehead atoms. The van der Waals surface area contributed by atoms with Gasteiger partial charge in [0.15, 0.2) is 0 Å². The van der Waals surface area contributed by atoms with E-state index in [0.717, 1.165) is 0 Å². The predicted octanol–water partition coefficient (Wildman–Crippen LogP) is 0.273. The van der Waals surface area contributed by atoms with Crippen LogP contribution in [0.15, 0.2) is 0 Å². The summed E-state index contributed by atoms with van der Waals surface area (Å²) in [4.78, 5) is 25.3. The van der Waals surface area contributed by atoms with Crippen molar-refractivity contribution in [2.24, 2.45) is 11.3 Å². The smallest absolute Gasteiger partial charge is 0.244 e. The lowest BCUT2D eigenvalue weighted by Gasteiger charge is -2.39. The molecule has 2 rings (SSSR count). The standard InChI is InChI=1S/C12H17N3O2/c1-8-5-12(6-8,7-13)11(17)14-9-3-4-15(2)10(9)16/h8-9H,3-6H2,1-2H3,(H,14,17). The zero-order valence-corrected chi connectivity index (χ0v) is 10.2. The molecule has 0 aromatic rings. The number of carbonyl (C=O) groups excluding carboxylic acids is 2. The number of rotatable bonds is 2. The number of hydrogen-bond donors (Lipinski definition) is 1. The van der Waals surface area contributed by atoms with Gasteiger partial charge in [-0.15, -0.1) is 0 Å². The summed E-state index contributed by atoms with van der Waals surface area (Å²) < 4.78 is 0. The monoisotopic (exact) mass is 235 g/mol. The third-order valence-corrected chi connectivity index (χ3v) is 3.78. The number of hydrogen-bond acceptors (Lipinski definition) is 3. The maximum atomic E-state index is 12.0. The van der Waals surface area contributed by atoms with Gasteiger partial charge in [0.05, 0.1) is 6.07 Å². The minimum Gasteiger partial charge on any atom is -0.344 e. The van der Waals surface area contributed by atoms with Crippen molar-refractivity contribution in [3.8, 4) is 6.07 Å². The van der Waals surface area contributed by atoms with Crippen LogP contribution >= 0.6 is 0 Å². The third-order valence-electron chi connectivity index (χ3n) is 3.78. The van der Waals surface area contributed by atoms with Crippen LogP contribution in [0.1, 0.15) is 26.2 Å². The Morgan fingerprint density at radius 3 is 2.65 bits per heavy atom. The van der Waals surface area contributed by atoms with Crippen molar-refractivity contribution in [2.75, 3.05) is 13.6 Å². The van der Waals surface area contributed by atoms with Gasteiger partial charge in [-0.1, -0.05) is 6.92 Å². The molecule has 1 unspecified atom stereocenters. The Morgan fingerprint density at radius 2 is 2.24 bits per heavy atom. The van der Waals surface area contributed by atoms with Gasteiger partial charge in [0, 0.05) is 13.6 Å². The highest BCUT2D eigenvalue weighted by molar-refractivity contribution is 5.92. The molecule has 2 fully saturated rings. The Morgan fingerprint density at radius 1 is 1.59 bits per heavy atom. The van der Waals surface area contributed by atoms with Crippen LogP contribution in [0.25, 0.3) is 0 Å². The van der Waals surface area contributed by atoms with Gasteiger partial charge in [-0.2, -0.15) is 5.26 Å². The largest absolute Gasteiger partial charge is 0.344 e. The van der Waals surface area contributed by atoms with Crippen LogP contribution in [0.2, 0.25) is 0 Å². The van der Waals surface area contributed by atoms with Gasteiger partial charge in [-0.25, -0.2) is 0 Å². The molecule has 5 nitrogen and oxygen atoms in total. The van der Waals surface area contributed by atoms with Crippen molar-refractivity contribution in [3.63, 3.8) is 0 Å². The summed E-state index contributed by atoms with van der Waals surface area (Å²) >= 11 is 0. The molecule has 1 atom stereocenters. The maximum Gasteiger partial charge on any atom is 0.244 e. The second-order valence-electron chi connectivity index (χ2n) is 5.28. The second kappa shape index (κ2) is 4.02. The first-order valence-corrected chi connectivity index (χ1v) is 5.96. The molecule has 2 aliphatic rings. The van der Waals surface area contributed by atoms with Crippen molar-refractivity contribution < 1.29 is 9.59 Å². The average molecular weight is 235 g/mol. The van der Waals surface area contributed by atoms with Crippen molar-refractivity contribution in [2.45, 2.75) is 32.2 Å².